The number of pyridine rings is 2. The Hall–Kier alpha value is -2.75. The second-order valence-electron chi connectivity index (χ2n) is 11.2. The van der Waals surface area contributed by atoms with E-state index in [2.05, 4.69) is 67.3 Å². The molecule has 2 aliphatic carbocycles. The quantitative estimate of drug-likeness (QED) is 0.316. The number of nitrogens with one attached hydrogen (secondary N) is 1. The number of hydrogen-bond donors (Lipinski definition) is 1. The Bertz CT molecular complexity index is 1100. The highest BCUT2D eigenvalue weighted by Crippen LogP contribution is 2.67. The van der Waals surface area contributed by atoms with Gasteiger partial charge in [-0.15, -0.1) is 0 Å². The summed E-state index contributed by atoms with van der Waals surface area (Å²) in [5.74, 6) is 1.94. The van der Waals surface area contributed by atoms with E-state index < -0.39 is 0 Å². The van der Waals surface area contributed by atoms with Crippen molar-refractivity contribution in [2.75, 3.05) is 12.4 Å². The summed E-state index contributed by atoms with van der Waals surface area (Å²) >= 11 is 0. The number of rotatable bonds is 8. The zero-order valence-electron chi connectivity index (χ0n) is 22.1. The Morgan fingerprint density at radius 1 is 1.20 bits per heavy atom. The first kappa shape index (κ1) is 25.3. The van der Waals surface area contributed by atoms with Crippen molar-refractivity contribution < 1.29 is 4.79 Å². The number of aromatic nitrogens is 2. The highest BCUT2D eigenvalue weighted by molar-refractivity contribution is 5.73. The first-order valence-corrected chi connectivity index (χ1v) is 13.3. The Labute approximate surface area is 211 Å². The number of aldehydes is 1. The standard InChI is InChI=1S/C31H41N3O/c1-6-22(28-15-9-14-26(21-35)34-28)10-7-13-25-19-31(4,30(25,2)3)24-12-8-11-23(18-24)27-16-17-33-20-29(27)32-5/h7,9-10,13-17,20-21,23-25,32H,6,8,11-12,18-19H2,1-5H3/b13-7-,22-10+. The molecule has 4 nitrogen and oxygen atoms in total. The summed E-state index contributed by atoms with van der Waals surface area (Å²) in [7, 11) is 2.00. The van der Waals surface area contributed by atoms with Crippen LogP contribution in [0, 0.1) is 22.7 Å². The molecule has 0 aliphatic heterocycles. The van der Waals surface area contributed by atoms with E-state index in [4.69, 9.17) is 0 Å². The van der Waals surface area contributed by atoms with Crippen molar-refractivity contribution in [3.8, 4) is 0 Å². The van der Waals surface area contributed by atoms with E-state index in [1.54, 1.807) is 6.07 Å². The van der Waals surface area contributed by atoms with Crippen molar-refractivity contribution in [3.63, 3.8) is 0 Å². The highest BCUT2D eigenvalue weighted by Gasteiger charge is 2.59. The smallest absolute Gasteiger partial charge is 0.168 e. The third kappa shape index (κ3) is 4.85. The maximum atomic E-state index is 11.1. The van der Waals surface area contributed by atoms with Crippen molar-refractivity contribution in [1.82, 2.24) is 9.97 Å². The molecule has 0 bridgehead atoms. The molecule has 2 aromatic heterocycles. The predicted molar refractivity (Wildman–Crippen MR) is 146 cm³/mol. The maximum Gasteiger partial charge on any atom is 0.168 e. The molecule has 1 N–H and O–H groups in total. The van der Waals surface area contributed by atoms with Crippen LogP contribution >= 0.6 is 0 Å². The molecule has 4 atom stereocenters. The van der Waals surface area contributed by atoms with Crippen molar-refractivity contribution in [2.24, 2.45) is 22.7 Å². The van der Waals surface area contributed by atoms with Crippen LogP contribution in [0.1, 0.15) is 93.9 Å². The molecule has 2 heterocycles. The van der Waals surface area contributed by atoms with Gasteiger partial charge < -0.3 is 5.32 Å². The second-order valence-corrected chi connectivity index (χ2v) is 11.2. The lowest BCUT2D eigenvalue weighted by atomic mass is 9.40. The lowest BCUT2D eigenvalue weighted by molar-refractivity contribution is -0.136. The normalized spacial score (nSPS) is 28.5. The van der Waals surface area contributed by atoms with Gasteiger partial charge in [0, 0.05) is 13.2 Å². The molecular formula is C31H41N3O. The number of allylic oxidation sites excluding steroid dienone is 4. The van der Waals surface area contributed by atoms with Gasteiger partial charge in [-0.25, -0.2) is 4.98 Å². The van der Waals surface area contributed by atoms with Gasteiger partial charge in [-0.3, -0.25) is 9.78 Å². The van der Waals surface area contributed by atoms with Gasteiger partial charge in [0.25, 0.3) is 0 Å². The molecule has 4 heteroatoms. The van der Waals surface area contributed by atoms with E-state index in [0.717, 1.165) is 29.9 Å². The van der Waals surface area contributed by atoms with Crippen LogP contribution in [0.3, 0.4) is 0 Å². The minimum Gasteiger partial charge on any atom is -0.387 e. The average Bonchev–Trinajstić information content (AvgIpc) is 2.90. The summed E-state index contributed by atoms with van der Waals surface area (Å²) in [5.41, 5.74) is 5.78. The van der Waals surface area contributed by atoms with Crippen LogP contribution in [-0.4, -0.2) is 23.3 Å². The van der Waals surface area contributed by atoms with E-state index in [1.807, 2.05) is 31.6 Å². The Balaban J connectivity index is 1.46. The van der Waals surface area contributed by atoms with Gasteiger partial charge >= 0.3 is 0 Å². The molecule has 0 radical (unpaired) electrons. The molecule has 2 saturated carbocycles. The zero-order chi connectivity index (χ0) is 25.1. The molecule has 0 aromatic carbocycles. The summed E-state index contributed by atoms with van der Waals surface area (Å²) in [4.78, 5) is 19.9. The number of carbonyl (C=O) groups excluding carboxylic acids is 1. The van der Waals surface area contributed by atoms with E-state index >= 15 is 0 Å². The van der Waals surface area contributed by atoms with Gasteiger partial charge in [-0.1, -0.05) is 58.4 Å². The van der Waals surface area contributed by atoms with Crippen molar-refractivity contribution >= 4 is 17.5 Å². The fourth-order valence-electron chi connectivity index (χ4n) is 6.68. The largest absolute Gasteiger partial charge is 0.387 e. The van der Waals surface area contributed by atoms with Gasteiger partial charge in [-0.2, -0.15) is 0 Å². The van der Waals surface area contributed by atoms with E-state index in [-0.39, 0.29) is 5.41 Å². The molecule has 4 unspecified atom stereocenters. The molecular weight excluding hydrogens is 430 g/mol. The first-order chi connectivity index (χ1) is 16.8. The topological polar surface area (TPSA) is 54.9 Å². The Morgan fingerprint density at radius 3 is 2.74 bits per heavy atom. The van der Waals surface area contributed by atoms with Gasteiger partial charge in [0.15, 0.2) is 6.29 Å². The van der Waals surface area contributed by atoms with Crippen molar-refractivity contribution in [2.45, 2.75) is 72.1 Å². The summed E-state index contributed by atoms with van der Waals surface area (Å²) in [5, 5.41) is 3.35. The molecule has 2 aromatic rings. The maximum absolute atomic E-state index is 11.1. The third-order valence-electron chi connectivity index (χ3n) is 9.42. The molecule has 0 amide bonds. The molecule has 0 spiro atoms. The van der Waals surface area contributed by atoms with Crippen LogP contribution in [-0.2, 0) is 0 Å². The number of nitrogens with zero attached hydrogens (tertiary/aromatic N) is 2. The summed E-state index contributed by atoms with van der Waals surface area (Å²) < 4.78 is 0. The van der Waals surface area contributed by atoms with Gasteiger partial charge in [-0.05, 0) is 90.0 Å². The highest BCUT2D eigenvalue weighted by atomic mass is 16.1. The molecule has 186 valence electrons. The molecule has 2 fully saturated rings. The van der Waals surface area contributed by atoms with Gasteiger partial charge in [0.05, 0.1) is 17.6 Å². The zero-order valence-corrected chi connectivity index (χ0v) is 22.1. The van der Waals surface area contributed by atoms with Crippen LogP contribution in [0.5, 0.6) is 0 Å². The SMILES string of the molecule is CC/C(=C\C=C/C1CC(C)(C2CCCC(c3ccncc3NC)C2)C1(C)C)c1cccc(C=O)n1. The monoisotopic (exact) mass is 471 g/mol. The summed E-state index contributed by atoms with van der Waals surface area (Å²) in [6.07, 6.45) is 18.9. The number of carbonyl (C=O) groups is 1. The van der Waals surface area contributed by atoms with Crippen LogP contribution in [0.25, 0.3) is 5.57 Å². The number of hydrogen-bond acceptors (Lipinski definition) is 4. The van der Waals surface area contributed by atoms with Crippen molar-refractivity contribution in [3.05, 3.63) is 71.8 Å². The molecule has 0 saturated heterocycles. The second kappa shape index (κ2) is 10.5. The van der Waals surface area contributed by atoms with Crippen molar-refractivity contribution in [1.29, 1.82) is 0 Å². The summed E-state index contributed by atoms with van der Waals surface area (Å²) in [6.45, 7) is 9.62. The van der Waals surface area contributed by atoms with Gasteiger partial charge in [0.1, 0.15) is 5.69 Å². The molecule has 2 aliphatic rings. The lowest BCUT2D eigenvalue weighted by Crippen LogP contribution is -2.57. The van der Waals surface area contributed by atoms with E-state index in [1.165, 1.54) is 43.4 Å². The van der Waals surface area contributed by atoms with Gasteiger partial charge in [0.2, 0.25) is 0 Å². The number of anilines is 1. The Kier molecular flexibility index (Phi) is 7.59. The Morgan fingerprint density at radius 2 is 2.03 bits per heavy atom. The summed E-state index contributed by atoms with van der Waals surface area (Å²) in [6, 6.07) is 7.86. The lowest BCUT2D eigenvalue weighted by Gasteiger charge is -2.64. The fraction of sp³-hybridized carbons (Fsp3) is 0.516. The average molecular weight is 472 g/mol. The van der Waals surface area contributed by atoms with E-state index in [9.17, 15) is 4.79 Å². The fourth-order valence-corrected chi connectivity index (χ4v) is 6.68. The van der Waals surface area contributed by atoms with Crippen LogP contribution < -0.4 is 5.32 Å². The van der Waals surface area contributed by atoms with Crippen LogP contribution in [0.2, 0.25) is 0 Å². The van der Waals surface area contributed by atoms with Crippen LogP contribution in [0.4, 0.5) is 5.69 Å². The van der Waals surface area contributed by atoms with E-state index in [0.29, 0.717) is 22.9 Å². The molecule has 35 heavy (non-hydrogen) atoms. The predicted octanol–water partition coefficient (Wildman–Crippen LogP) is 7.71. The van der Waals surface area contributed by atoms with Crippen LogP contribution in [0.15, 0.2) is 54.9 Å². The first-order valence-electron chi connectivity index (χ1n) is 13.3. The molecule has 4 rings (SSSR count). The third-order valence-corrected chi connectivity index (χ3v) is 9.42. The minimum atomic E-state index is 0.260. The minimum absolute atomic E-state index is 0.260.